The zero-order chi connectivity index (χ0) is 13.4. The lowest BCUT2D eigenvalue weighted by Crippen LogP contribution is -2.26. The molecule has 1 aromatic rings. The number of anilines is 1. The summed E-state index contributed by atoms with van der Waals surface area (Å²) in [6.45, 7) is 1.25. The fraction of sp³-hybridized carbons (Fsp3) is 0.385. The van der Waals surface area contributed by atoms with Gasteiger partial charge in [0.15, 0.2) is 0 Å². The number of rotatable bonds is 6. The van der Waals surface area contributed by atoms with Crippen LogP contribution in [0.2, 0.25) is 0 Å². The molecule has 2 N–H and O–H groups in total. The highest BCUT2D eigenvalue weighted by Crippen LogP contribution is 2.09. The lowest BCUT2D eigenvalue weighted by Gasteiger charge is -2.14. The second-order valence-corrected chi connectivity index (χ2v) is 4.01. The van der Waals surface area contributed by atoms with Gasteiger partial charge in [-0.2, -0.15) is 5.26 Å². The van der Waals surface area contributed by atoms with Crippen LogP contribution in [0.5, 0.6) is 0 Å². The van der Waals surface area contributed by atoms with Gasteiger partial charge in [-0.15, -0.1) is 0 Å². The number of carbonyl (C=O) groups excluding carboxylic acids is 1. The Labute approximate surface area is 107 Å². The highest BCUT2D eigenvalue weighted by atomic mass is 16.3. The van der Waals surface area contributed by atoms with Crippen molar-refractivity contribution in [3.05, 3.63) is 29.8 Å². The van der Waals surface area contributed by atoms with Crippen LogP contribution < -0.4 is 5.32 Å². The first-order chi connectivity index (χ1) is 8.65. The molecule has 0 saturated heterocycles. The molecule has 1 rings (SSSR count). The number of benzene rings is 1. The number of nitrogens with one attached hydrogen (secondary N) is 1. The van der Waals surface area contributed by atoms with E-state index in [2.05, 4.69) is 5.32 Å². The molecule has 0 spiro atoms. The molecule has 0 atom stereocenters. The Bertz CT molecular complexity index is 423. The van der Waals surface area contributed by atoms with E-state index in [0.717, 1.165) is 0 Å². The molecule has 1 aromatic carbocycles. The molecule has 0 aromatic heterocycles. The van der Waals surface area contributed by atoms with Crippen molar-refractivity contribution < 1.29 is 9.90 Å². The van der Waals surface area contributed by atoms with Crippen molar-refractivity contribution in [1.82, 2.24) is 4.90 Å². The van der Waals surface area contributed by atoms with Crippen LogP contribution in [0.15, 0.2) is 24.3 Å². The molecular formula is C13H17N3O2. The van der Waals surface area contributed by atoms with Crippen molar-refractivity contribution in [2.24, 2.45) is 0 Å². The molecule has 5 heteroatoms. The fourth-order valence-electron chi connectivity index (χ4n) is 1.43. The van der Waals surface area contributed by atoms with Gasteiger partial charge in [-0.3, -0.25) is 4.79 Å². The van der Waals surface area contributed by atoms with Crippen molar-refractivity contribution in [3.63, 3.8) is 0 Å². The Kier molecular flexibility index (Phi) is 5.85. The first-order valence-corrected chi connectivity index (χ1v) is 5.75. The second kappa shape index (κ2) is 7.43. The first-order valence-electron chi connectivity index (χ1n) is 5.75. The predicted molar refractivity (Wildman–Crippen MR) is 69.0 cm³/mol. The molecular weight excluding hydrogens is 230 g/mol. The van der Waals surface area contributed by atoms with Crippen LogP contribution in [-0.4, -0.2) is 42.7 Å². The van der Waals surface area contributed by atoms with Gasteiger partial charge in [-0.05, 0) is 31.3 Å². The van der Waals surface area contributed by atoms with Crippen LogP contribution in [0.1, 0.15) is 12.0 Å². The summed E-state index contributed by atoms with van der Waals surface area (Å²) >= 11 is 0. The van der Waals surface area contributed by atoms with E-state index < -0.39 is 0 Å². The van der Waals surface area contributed by atoms with Gasteiger partial charge in [-0.25, -0.2) is 0 Å². The molecule has 0 aliphatic rings. The first kappa shape index (κ1) is 14.2. The number of amides is 1. The smallest absolute Gasteiger partial charge is 0.225 e. The summed E-state index contributed by atoms with van der Waals surface area (Å²) < 4.78 is 0. The van der Waals surface area contributed by atoms with Crippen molar-refractivity contribution in [2.45, 2.75) is 6.42 Å². The summed E-state index contributed by atoms with van der Waals surface area (Å²) in [6, 6.07) is 8.74. The maximum Gasteiger partial charge on any atom is 0.225 e. The highest BCUT2D eigenvalue weighted by molar-refractivity contribution is 5.90. The topological polar surface area (TPSA) is 76.4 Å². The van der Waals surface area contributed by atoms with E-state index in [9.17, 15) is 4.79 Å². The number of aliphatic hydroxyl groups is 1. The summed E-state index contributed by atoms with van der Waals surface area (Å²) in [5.74, 6) is -0.0792. The average Bonchev–Trinajstić information content (AvgIpc) is 2.38. The van der Waals surface area contributed by atoms with Gasteiger partial charge in [0.1, 0.15) is 0 Å². The quantitative estimate of drug-likeness (QED) is 0.780. The molecule has 96 valence electrons. The number of carbonyl (C=O) groups is 1. The Morgan fingerprint density at radius 3 is 2.61 bits per heavy atom. The molecule has 0 aliphatic carbocycles. The molecule has 0 bridgehead atoms. The van der Waals surface area contributed by atoms with Crippen molar-refractivity contribution >= 4 is 11.6 Å². The molecule has 1 amide bonds. The fourth-order valence-corrected chi connectivity index (χ4v) is 1.43. The van der Waals surface area contributed by atoms with E-state index in [1.165, 1.54) is 0 Å². The van der Waals surface area contributed by atoms with Gasteiger partial charge in [-0.1, -0.05) is 0 Å². The Morgan fingerprint density at radius 2 is 2.06 bits per heavy atom. The van der Waals surface area contributed by atoms with Crippen LogP contribution in [-0.2, 0) is 4.79 Å². The molecule has 0 unspecified atom stereocenters. The van der Waals surface area contributed by atoms with E-state index in [1.807, 2.05) is 18.0 Å². The summed E-state index contributed by atoms with van der Waals surface area (Å²) in [5, 5.41) is 20.1. The normalized spacial score (nSPS) is 10.1. The Hall–Kier alpha value is -1.90. The van der Waals surface area contributed by atoms with Crippen molar-refractivity contribution in [1.29, 1.82) is 5.26 Å². The zero-order valence-corrected chi connectivity index (χ0v) is 10.4. The molecule has 0 fully saturated rings. The minimum absolute atomic E-state index is 0.0792. The van der Waals surface area contributed by atoms with E-state index in [0.29, 0.717) is 30.8 Å². The monoisotopic (exact) mass is 247 g/mol. The Balaban J connectivity index is 2.37. The molecule has 0 heterocycles. The molecule has 0 aliphatic heterocycles. The minimum atomic E-state index is -0.0792. The second-order valence-electron chi connectivity index (χ2n) is 4.01. The lowest BCUT2D eigenvalue weighted by atomic mass is 10.2. The van der Waals surface area contributed by atoms with Gasteiger partial charge < -0.3 is 15.3 Å². The van der Waals surface area contributed by atoms with Gasteiger partial charge in [0.25, 0.3) is 0 Å². The maximum atomic E-state index is 11.6. The molecule has 0 radical (unpaired) electrons. The average molecular weight is 247 g/mol. The zero-order valence-electron chi connectivity index (χ0n) is 10.4. The number of hydrogen-bond donors (Lipinski definition) is 2. The Morgan fingerprint density at radius 1 is 1.39 bits per heavy atom. The van der Waals surface area contributed by atoms with E-state index >= 15 is 0 Å². The number of likely N-dealkylation sites (N-methyl/N-ethyl adjacent to an activating group) is 1. The summed E-state index contributed by atoms with van der Waals surface area (Å²) in [6.07, 6.45) is 0.372. The molecule has 5 nitrogen and oxygen atoms in total. The van der Waals surface area contributed by atoms with Crippen molar-refractivity contribution in [3.8, 4) is 6.07 Å². The summed E-state index contributed by atoms with van der Waals surface area (Å²) in [7, 11) is 1.85. The van der Waals surface area contributed by atoms with Crippen LogP contribution in [0.4, 0.5) is 5.69 Å². The summed E-state index contributed by atoms with van der Waals surface area (Å²) in [4.78, 5) is 13.5. The molecule has 0 saturated carbocycles. The highest BCUT2D eigenvalue weighted by Gasteiger charge is 2.04. The lowest BCUT2D eigenvalue weighted by molar-refractivity contribution is -0.116. The van der Waals surface area contributed by atoms with Crippen LogP contribution in [0.25, 0.3) is 0 Å². The summed E-state index contributed by atoms with van der Waals surface area (Å²) in [5.41, 5.74) is 1.25. The SMILES string of the molecule is CN(CCO)CCC(=O)Nc1ccc(C#N)cc1. The third-order valence-corrected chi connectivity index (χ3v) is 2.50. The van der Waals surface area contributed by atoms with Gasteiger partial charge in [0.2, 0.25) is 5.91 Å². The van der Waals surface area contributed by atoms with Crippen LogP contribution in [0.3, 0.4) is 0 Å². The van der Waals surface area contributed by atoms with Gasteiger partial charge in [0.05, 0.1) is 18.2 Å². The van der Waals surface area contributed by atoms with Gasteiger partial charge in [0, 0.05) is 25.2 Å². The largest absolute Gasteiger partial charge is 0.395 e. The van der Waals surface area contributed by atoms with E-state index in [4.69, 9.17) is 10.4 Å². The van der Waals surface area contributed by atoms with Crippen LogP contribution >= 0.6 is 0 Å². The third kappa shape index (κ3) is 4.95. The number of nitrogens with zero attached hydrogens (tertiary/aromatic N) is 2. The van der Waals surface area contributed by atoms with Gasteiger partial charge >= 0.3 is 0 Å². The number of nitriles is 1. The van der Waals surface area contributed by atoms with E-state index in [-0.39, 0.29) is 12.5 Å². The van der Waals surface area contributed by atoms with Crippen LogP contribution in [0, 0.1) is 11.3 Å². The number of aliphatic hydroxyl groups excluding tert-OH is 1. The number of hydrogen-bond acceptors (Lipinski definition) is 4. The van der Waals surface area contributed by atoms with Crippen molar-refractivity contribution in [2.75, 3.05) is 32.1 Å². The minimum Gasteiger partial charge on any atom is -0.395 e. The predicted octanol–water partition coefficient (Wildman–Crippen LogP) is 0.811. The van der Waals surface area contributed by atoms with E-state index in [1.54, 1.807) is 24.3 Å². The third-order valence-electron chi connectivity index (χ3n) is 2.50. The maximum absolute atomic E-state index is 11.6. The standard InChI is InChI=1S/C13H17N3O2/c1-16(8-9-17)7-6-13(18)15-12-4-2-11(10-14)3-5-12/h2-5,17H,6-9H2,1H3,(H,15,18). The molecule has 18 heavy (non-hydrogen) atoms.